The van der Waals surface area contributed by atoms with Crippen LogP contribution < -0.4 is 10.2 Å². The molecule has 9 nitrogen and oxygen atoms in total. The van der Waals surface area contributed by atoms with Gasteiger partial charge < -0.3 is 10.2 Å². The first kappa shape index (κ1) is 19.9. The van der Waals surface area contributed by atoms with Crippen molar-refractivity contribution in [3.63, 3.8) is 0 Å². The number of amides is 1. The Bertz CT molecular complexity index is 1000. The first-order valence-corrected chi connectivity index (χ1v) is 10.2. The predicted octanol–water partition coefficient (Wildman–Crippen LogP) is 0.366. The van der Waals surface area contributed by atoms with Crippen LogP contribution in [0.25, 0.3) is 0 Å². The summed E-state index contributed by atoms with van der Waals surface area (Å²) in [7, 11) is -1.66. The number of hydrogen-bond acceptors (Lipinski definition) is 5. The molecule has 148 valence electrons. The van der Waals surface area contributed by atoms with E-state index >= 15 is 0 Å². The van der Waals surface area contributed by atoms with Gasteiger partial charge in [0.15, 0.2) is 0 Å². The van der Waals surface area contributed by atoms with E-state index in [2.05, 4.69) is 5.32 Å². The summed E-state index contributed by atoms with van der Waals surface area (Å²) < 4.78 is 27.1. The molecule has 28 heavy (non-hydrogen) atoms. The van der Waals surface area contributed by atoms with Gasteiger partial charge >= 0.3 is 0 Å². The zero-order valence-electron chi connectivity index (χ0n) is 15.3. The monoisotopic (exact) mass is 405 g/mol. The molecule has 0 atom stereocenters. The van der Waals surface area contributed by atoms with Crippen LogP contribution in [0.3, 0.4) is 0 Å². The molecule has 1 saturated heterocycles. The molecule has 0 unspecified atom stereocenters. The van der Waals surface area contributed by atoms with Crippen molar-refractivity contribution in [1.29, 1.82) is 0 Å². The predicted molar refractivity (Wildman–Crippen MR) is 103 cm³/mol. The molecule has 1 aliphatic rings. The van der Waals surface area contributed by atoms with E-state index in [1.165, 1.54) is 57.7 Å². The van der Waals surface area contributed by atoms with E-state index in [1.54, 1.807) is 0 Å². The average molecular weight is 405 g/mol. The molecule has 10 heteroatoms. The van der Waals surface area contributed by atoms with Crippen molar-refractivity contribution in [2.45, 2.75) is 4.90 Å². The number of piperazine rings is 1. The molecule has 3 rings (SSSR count). The van der Waals surface area contributed by atoms with E-state index in [1.807, 2.05) is 7.05 Å². The standard InChI is InChI=1S/C18H20N4O5S/c1-20-8-10-21(11-9-20)28(26,27)17-7-2-4-14(12-17)18(23)19-15-5-3-6-16(13-15)22(24)25/h2-7,12-13H,8-11H2,1H3,(H,19,23)/p+1. The van der Waals surface area contributed by atoms with Crippen molar-refractivity contribution in [3.05, 3.63) is 64.2 Å². The number of quaternary nitrogens is 1. The Morgan fingerprint density at radius 3 is 2.50 bits per heavy atom. The third-order valence-corrected chi connectivity index (χ3v) is 6.52. The van der Waals surface area contributed by atoms with Crippen molar-refractivity contribution in [2.24, 2.45) is 0 Å². The van der Waals surface area contributed by atoms with Gasteiger partial charge in [-0.2, -0.15) is 4.31 Å². The molecule has 1 aliphatic heterocycles. The van der Waals surface area contributed by atoms with Crippen LogP contribution >= 0.6 is 0 Å². The SMILES string of the molecule is C[NH+]1CCN(S(=O)(=O)c2cccc(C(=O)Nc3cccc([N+](=O)[O-])c3)c2)CC1. The fourth-order valence-electron chi connectivity index (χ4n) is 2.96. The second-order valence-corrected chi connectivity index (χ2v) is 8.59. The van der Waals surface area contributed by atoms with Crippen molar-refractivity contribution >= 4 is 27.3 Å². The van der Waals surface area contributed by atoms with Gasteiger partial charge in [0.1, 0.15) is 0 Å². The van der Waals surface area contributed by atoms with E-state index in [4.69, 9.17) is 0 Å². The van der Waals surface area contributed by atoms with E-state index in [0.717, 1.165) is 13.1 Å². The van der Waals surface area contributed by atoms with Crippen LogP contribution in [0.5, 0.6) is 0 Å². The van der Waals surface area contributed by atoms with Crippen molar-refractivity contribution in [2.75, 3.05) is 38.5 Å². The lowest BCUT2D eigenvalue weighted by Crippen LogP contribution is -3.12. The number of benzene rings is 2. The van der Waals surface area contributed by atoms with Crippen LogP contribution in [-0.2, 0) is 10.0 Å². The summed E-state index contributed by atoms with van der Waals surface area (Å²) in [5, 5.41) is 13.4. The van der Waals surface area contributed by atoms with Crippen molar-refractivity contribution in [1.82, 2.24) is 4.31 Å². The molecule has 0 radical (unpaired) electrons. The Morgan fingerprint density at radius 2 is 1.82 bits per heavy atom. The second kappa shape index (κ2) is 8.05. The highest BCUT2D eigenvalue weighted by atomic mass is 32.2. The maximum absolute atomic E-state index is 12.9. The Labute approximate surface area is 162 Å². The topological polar surface area (TPSA) is 114 Å². The largest absolute Gasteiger partial charge is 0.335 e. The molecular formula is C18H21N4O5S+. The molecule has 0 spiro atoms. The van der Waals surface area contributed by atoms with Gasteiger partial charge in [-0.15, -0.1) is 0 Å². The molecule has 1 amide bonds. The van der Waals surface area contributed by atoms with Crippen LogP contribution in [0, 0.1) is 10.1 Å². The van der Waals surface area contributed by atoms with Crippen molar-refractivity contribution in [3.8, 4) is 0 Å². The fourth-order valence-corrected chi connectivity index (χ4v) is 4.44. The van der Waals surface area contributed by atoms with E-state index < -0.39 is 20.9 Å². The van der Waals surface area contributed by atoms with Crippen LogP contribution in [0.1, 0.15) is 10.4 Å². The van der Waals surface area contributed by atoms with E-state index in [0.29, 0.717) is 13.1 Å². The number of nitrogens with zero attached hydrogens (tertiary/aromatic N) is 2. The zero-order valence-corrected chi connectivity index (χ0v) is 16.1. The molecule has 0 saturated carbocycles. The van der Waals surface area contributed by atoms with Crippen LogP contribution in [0.4, 0.5) is 11.4 Å². The molecule has 2 aromatic rings. The van der Waals surface area contributed by atoms with Gasteiger partial charge in [0.25, 0.3) is 11.6 Å². The number of sulfonamides is 1. The molecular weight excluding hydrogens is 384 g/mol. The van der Waals surface area contributed by atoms with Gasteiger partial charge in [0.2, 0.25) is 10.0 Å². The molecule has 0 aliphatic carbocycles. The molecule has 1 heterocycles. The summed E-state index contributed by atoms with van der Waals surface area (Å²) in [6.07, 6.45) is 0. The molecule has 2 N–H and O–H groups in total. The molecule has 1 fully saturated rings. The van der Waals surface area contributed by atoms with Gasteiger partial charge in [0, 0.05) is 23.4 Å². The quantitative estimate of drug-likeness (QED) is 0.551. The number of rotatable bonds is 5. The fraction of sp³-hybridized carbons (Fsp3) is 0.278. The minimum atomic E-state index is -3.68. The number of anilines is 1. The Balaban J connectivity index is 1.80. The number of nitro benzene ring substituents is 1. The summed E-state index contributed by atoms with van der Waals surface area (Å²) >= 11 is 0. The van der Waals surface area contributed by atoms with Crippen LogP contribution in [0.15, 0.2) is 53.4 Å². The van der Waals surface area contributed by atoms with Gasteiger partial charge in [-0.1, -0.05) is 12.1 Å². The highest BCUT2D eigenvalue weighted by Crippen LogP contribution is 2.20. The van der Waals surface area contributed by atoms with Crippen LogP contribution in [-0.4, -0.2) is 56.8 Å². The lowest BCUT2D eigenvalue weighted by atomic mass is 10.2. The van der Waals surface area contributed by atoms with E-state index in [9.17, 15) is 23.3 Å². The summed E-state index contributed by atoms with van der Waals surface area (Å²) in [6, 6.07) is 11.3. The third-order valence-electron chi connectivity index (χ3n) is 4.62. The highest BCUT2D eigenvalue weighted by molar-refractivity contribution is 7.89. The Kier molecular flexibility index (Phi) is 5.73. The summed E-state index contributed by atoms with van der Waals surface area (Å²) in [5.41, 5.74) is 0.271. The lowest BCUT2D eigenvalue weighted by Gasteiger charge is -2.29. The van der Waals surface area contributed by atoms with Crippen LogP contribution in [0.2, 0.25) is 0 Å². The third kappa shape index (κ3) is 4.35. The zero-order chi connectivity index (χ0) is 20.3. The molecule has 0 bridgehead atoms. The van der Waals surface area contributed by atoms with E-state index in [-0.39, 0.29) is 21.8 Å². The number of nitrogens with one attached hydrogen (secondary N) is 2. The van der Waals surface area contributed by atoms with Gasteiger partial charge in [0.05, 0.1) is 43.0 Å². The van der Waals surface area contributed by atoms with Gasteiger partial charge in [-0.3, -0.25) is 14.9 Å². The Hall–Kier alpha value is -2.82. The molecule has 2 aromatic carbocycles. The highest BCUT2D eigenvalue weighted by Gasteiger charge is 2.29. The number of non-ortho nitro benzene ring substituents is 1. The van der Waals surface area contributed by atoms with Crippen molar-refractivity contribution < 1.29 is 23.0 Å². The minimum absolute atomic E-state index is 0.0544. The lowest BCUT2D eigenvalue weighted by molar-refractivity contribution is -0.883. The Morgan fingerprint density at radius 1 is 1.14 bits per heavy atom. The maximum Gasteiger partial charge on any atom is 0.271 e. The first-order chi connectivity index (χ1) is 13.3. The first-order valence-electron chi connectivity index (χ1n) is 8.75. The summed E-state index contributed by atoms with van der Waals surface area (Å²) in [6.45, 7) is 2.31. The van der Waals surface area contributed by atoms with Gasteiger partial charge in [-0.05, 0) is 24.3 Å². The summed E-state index contributed by atoms with van der Waals surface area (Å²) in [5.74, 6) is -0.541. The number of likely N-dealkylation sites (N-methyl/N-ethyl adjacent to an activating group) is 1. The average Bonchev–Trinajstić information content (AvgIpc) is 2.68. The number of nitro groups is 1. The normalized spacial score (nSPS) is 15.9. The minimum Gasteiger partial charge on any atom is -0.335 e. The number of carbonyl (C=O) groups excluding carboxylic acids is 1. The molecule has 0 aromatic heterocycles. The number of carbonyl (C=O) groups is 1. The second-order valence-electron chi connectivity index (χ2n) is 6.65. The van der Waals surface area contributed by atoms with Gasteiger partial charge in [-0.25, -0.2) is 8.42 Å². The maximum atomic E-state index is 12.9. The summed E-state index contributed by atoms with van der Waals surface area (Å²) in [4.78, 5) is 24.1. The number of hydrogen-bond donors (Lipinski definition) is 2. The smallest absolute Gasteiger partial charge is 0.271 e.